The van der Waals surface area contributed by atoms with E-state index in [0.717, 1.165) is 66.4 Å². The molecule has 5 heteroatoms. The van der Waals surface area contributed by atoms with Crippen molar-refractivity contribution < 1.29 is 0 Å². The van der Waals surface area contributed by atoms with E-state index in [1.165, 1.54) is 49.1 Å². The third-order valence-corrected chi connectivity index (χ3v) is 13.9. The van der Waals surface area contributed by atoms with Gasteiger partial charge >= 0.3 is 0 Å². The summed E-state index contributed by atoms with van der Waals surface area (Å²) < 4.78 is 4.77. The summed E-state index contributed by atoms with van der Waals surface area (Å²) in [5.41, 5.74) is 14.2. The van der Waals surface area contributed by atoms with Crippen LogP contribution in [0.4, 0.5) is 0 Å². The largest absolute Gasteiger partial charge is 0.309 e. The Hall–Kier alpha value is -9.45. The van der Waals surface area contributed by atoms with Crippen molar-refractivity contribution in [2.75, 3.05) is 0 Å². The molecule has 0 fully saturated rings. The first kappa shape index (κ1) is 39.7. The molecule has 0 unspecified atom stereocenters. The Morgan fingerprint density at radius 1 is 0.243 bits per heavy atom. The molecule has 326 valence electrons. The van der Waals surface area contributed by atoms with Gasteiger partial charge in [0.05, 0.1) is 27.8 Å². The van der Waals surface area contributed by atoms with Crippen molar-refractivity contribution in [1.82, 2.24) is 24.1 Å². The van der Waals surface area contributed by atoms with Crippen molar-refractivity contribution in [3.63, 3.8) is 0 Å². The molecule has 3 heterocycles. The zero-order valence-corrected chi connectivity index (χ0v) is 37.9. The summed E-state index contributed by atoms with van der Waals surface area (Å²) in [7, 11) is 0. The van der Waals surface area contributed by atoms with Gasteiger partial charge in [0.25, 0.3) is 0 Å². The quantitative estimate of drug-likeness (QED) is 0.160. The van der Waals surface area contributed by atoms with Gasteiger partial charge < -0.3 is 9.13 Å². The maximum Gasteiger partial charge on any atom is 0.164 e. The second kappa shape index (κ2) is 16.1. The first-order valence-corrected chi connectivity index (χ1v) is 23.8. The van der Waals surface area contributed by atoms with Crippen LogP contribution in [0.3, 0.4) is 0 Å². The van der Waals surface area contributed by atoms with E-state index in [1.807, 2.05) is 0 Å². The summed E-state index contributed by atoms with van der Waals surface area (Å²) in [6.07, 6.45) is 0. The third-order valence-electron chi connectivity index (χ3n) is 13.9. The fraction of sp³-hybridized carbons (Fsp3) is 0. The molecule has 0 saturated carbocycles. The number of rotatable bonds is 7. The number of hydrogen-bond acceptors (Lipinski definition) is 3. The van der Waals surface area contributed by atoms with Crippen molar-refractivity contribution in [2.24, 2.45) is 0 Å². The lowest BCUT2D eigenvalue weighted by atomic mass is 9.96. The van der Waals surface area contributed by atoms with Crippen molar-refractivity contribution in [1.29, 1.82) is 0 Å². The summed E-state index contributed by atoms with van der Waals surface area (Å²) in [6, 6.07) is 89.0. The average Bonchev–Trinajstić information content (AvgIpc) is 3.96. The molecule has 0 aliphatic carbocycles. The first-order valence-electron chi connectivity index (χ1n) is 23.8. The molecular weight excluding hydrogens is 851 g/mol. The van der Waals surface area contributed by atoms with Gasteiger partial charge in [-0.3, -0.25) is 0 Å². The minimum Gasteiger partial charge on any atom is -0.309 e. The Labute approximate surface area is 403 Å². The molecule has 14 rings (SSSR count). The van der Waals surface area contributed by atoms with Gasteiger partial charge in [-0.15, -0.1) is 0 Å². The van der Waals surface area contributed by atoms with Crippen LogP contribution in [0.25, 0.3) is 133 Å². The maximum absolute atomic E-state index is 5.29. The number of benzene rings is 11. The van der Waals surface area contributed by atoms with Gasteiger partial charge in [0.1, 0.15) is 0 Å². The standard InChI is InChI=1S/C65H41N5/c1-2-16-44(17-3-1)53-36-35-47(41-62(53)70-60-27-12-8-23-56(60)57-24-9-13-28-61(57)70)46-32-29-43-31-34-50(39-51(43)38-46)65-67-63(66-64(68-65)49-33-30-42-15-4-5-18-45(42)37-49)48-19-14-20-52(40-48)69-58-25-10-6-21-54(58)55-22-7-11-26-59(55)69/h1-41H. The smallest absolute Gasteiger partial charge is 0.164 e. The number of fused-ring (bicyclic) bond motifs is 8. The molecule has 14 aromatic rings. The molecule has 0 bridgehead atoms. The van der Waals surface area contributed by atoms with Gasteiger partial charge in [0.15, 0.2) is 17.5 Å². The molecule has 0 atom stereocenters. The number of hydrogen-bond donors (Lipinski definition) is 0. The van der Waals surface area contributed by atoms with Gasteiger partial charge in [-0.2, -0.15) is 0 Å². The van der Waals surface area contributed by atoms with E-state index in [4.69, 9.17) is 15.0 Å². The molecule has 0 radical (unpaired) electrons. The topological polar surface area (TPSA) is 48.5 Å². The lowest BCUT2D eigenvalue weighted by Gasteiger charge is -2.16. The highest BCUT2D eigenvalue weighted by Gasteiger charge is 2.19. The molecule has 70 heavy (non-hydrogen) atoms. The SMILES string of the molecule is c1ccc(-c2ccc(-c3ccc4ccc(-c5nc(-c6cccc(-n7c8ccccc8c8ccccc87)c6)nc(-c6ccc7ccccc7c6)n5)cc4c3)cc2-n2c3ccccc3c3ccccc32)cc1. The van der Waals surface area contributed by atoms with E-state index < -0.39 is 0 Å². The molecule has 3 aromatic heterocycles. The molecule has 5 nitrogen and oxygen atoms in total. The molecule has 0 saturated heterocycles. The van der Waals surface area contributed by atoms with Crippen LogP contribution in [-0.2, 0) is 0 Å². The van der Waals surface area contributed by atoms with Crippen LogP contribution in [0.1, 0.15) is 0 Å². The summed E-state index contributed by atoms with van der Waals surface area (Å²) in [6.45, 7) is 0. The van der Waals surface area contributed by atoms with Crippen LogP contribution < -0.4 is 0 Å². The summed E-state index contributed by atoms with van der Waals surface area (Å²) >= 11 is 0. The highest BCUT2D eigenvalue weighted by atomic mass is 15.0. The predicted octanol–water partition coefficient (Wildman–Crippen LogP) is 16.7. The van der Waals surface area contributed by atoms with Crippen LogP contribution >= 0.6 is 0 Å². The molecule has 0 N–H and O–H groups in total. The first-order chi connectivity index (χ1) is 34.7. The van der Waals surface area contributed by atoms with Crippen molar-refractivity contribution >= 4 is 65.2 Å². The Balaban J connectivity index is 0.917. The van der Waals surface area contributed by atoms with Gasteiger partial charge in [-0.25, -0.2) is 15.0 Å². The Bertz CT molecular complexity index is 4260. The van der Waals surface area contributed by atoms with Gasteiger partial charge in [0, 0.05) is 49.5 Å². The molecule has 0 spiro atoms. The normalized spacial score (nSPS) is 11.7. The fourth-order valence-corrected chi connectivity index (χ4v) is 10.6. The van der Waals surface area contributed by atoms with Crippen LogP contribution in [0.15, 0.2) is 249 Å². The number of nitrogens with zero attached hydrogens (tertiary/aromatic N) is 5. The van der Waals surface area contributed by atoms with Gasteiger partial charge in [-0.05, 0) is 98.9 Å². The molecule has 0 aliphatic heterocycles. The van der Waals surface area contributed by atoms with Crippen LogP contribution in [-0.4, -0.2) is 24.1 Å². The molecular formula is C65H41N5. The number of para-hydroxylation sites is 4. The maximum atomic E-state index is 5.29. The van der Waals surface area contributed by atoms with E-state index in [0.29, 0.717) is 17.5 Å². The third kappa shape index (κ3) is 6.59. The van der Waals surface area contributed by atoms with Gasteiger partial charge in [0.2, 0.25) is 0 Å². The van der Waals surface area contributed by atoms with E-state index in [1.54, 1.807) is 0 Å². The van der Waals surface area contributed by atoms with E-state index in [9.17, 15) is 0 Å². The average molecular weight is 892 g/mol. The predicted molar refractivity (Wildman–Crippen MR) is 291 cm³/mol. The summed E-state index contributed by atoms with van der Waals surface area (Å²) in [5.74, 6) is 1.85. The van der Waals surface area contributed by atoms with Crippen LogP contribution in [0.2, 0.25) is 0 Å². The fourth-order valence-electron chi connectivity index (χ4n) is 10.6. The molecule has 0 aliphatic rings. The summed E-state index contributed by atoms with van der Waals surface area (Å²) in [5, 5.41) is 9.45. The van der Waals surface area contributed by atoms with Crippen LogP contribution in [0.5, 0.6) is 0 Å². The Morgan fingerprint density at radius 3 is 1.26 bits per heavy atom. The zero-order valence-electron chi connectivity index (χ0n) is 37.9. The molecule has 11 aromatic carbocycles. The molecule has 0 amide bonds. The second-order valence-electron chi connectivity index (χ2n) is 18.0. The van der Waals surface area contributed by atoms with Crippen molar-refractivity contribution in [3.05, 3.63) is 249 Å². The van der Waals surface area contributed by atoms with Crippen LogP contribution in [0, 0.1) is 0 Å². The van der Waals surface area contributed by atoms with E-state index in [2.05, 4.69) is 258 Å². The highest BCUT2D eigenvalue weighted by Crippen LogP contribution is 2.40. The van der Waals surface area contributed by atoms with Crippen molar-refractivity contribution in [2.45, 2.75) is 0 Å². The monoisotopic (exact) mass is 891 g/mol. The Morgan fingerprint density at radius 2 is 0.657 bits per heavy atom. The number of aromatic nitrogens is 5. The second-order valence-corrected chi connectivity index (χ2v) is 18.0. The van der Waals surface area contributed by atoms with E-state index in [-0.39, 0.29) is 0 Å². The minimum absolute atomic E-state index is 0.612. The highest BCUT2D eigenvalue weighted by molar-refractivity contribution is 6.11. The zero-order chi connectivity index (χ0) is 46.1. The minimum atomic E-state index is 0.612. The Kier molecular flexibility index (Phi) is 9.14. The summed E-state index contributed by atoms with van der Waals surface area (Å²) in [4.78, 5) is 15.8. The lowest BCUT2D eigenvalue weighted by molar-refractivity contribution is 1.07. The van der Waals surface area contributed by atoms with Gasteiger partial charge in [-0.1, -0.05) is 188 Å². The van der Waals surface area contributed by atoms with E-state index >= 15 is 0 Å². The van der Waals surface area contributed by atoms with Crippen molar-refractivity contribution in [3.8, 4) is 67.8 Å². The lowest BCUT2D eigenvalue weighted by Crippen LogP contribution is -2.01.